The zero-order valence-electron chi connectivity index (χ0n) is 13.0. The standard InChI is InChI=1S/C18H20N4O/c19-16-15-18(23-14-9-5-2-6-10-14)21-17(22(15)12-11-20-16)13-7-3-1-4-8-13/h2,5-6,9-13H,1,3-4,7-8H2,(H2,19,20). The number of benzene rings is 1. The first-order valence-electron chi connectivity index (χ1n) is 8.18. The van der Waals surface area contributed by atoms with E-state index in [1.165, 1.54) is 32.1 Å². The number of nitrogen functional groups attached to an aromatic ring is 1. The van der Waals surface area contributed by atoms with Crippen molar-refractivity contribution in [2.45, 2.75) is 38.0 Å². The number of aromatic nitrogens is 3. The van der Waals surface area contributed by atoms with Crippen molar-refractivity contribution in [3.63, 3.8) is 0 Å². The van der Waals surface area contributed by atoms with E-state index in [9.17, 15) is 0 Å². The van der Waals surface area contributed by atoms with E-state index in [0.29, 0.717) is 17.6 Å². The van der Waals surface area contributed by atoms with Crippen LogP contribution < -0.4 is 10.5 Å². The number of anilines is 1. The monoisotopic (exact) mass is 308 g/mol. The first kappa shape index (κ1) is 14.1. The van der Waals surface area contributed by atoms with Crippen molar-refractivity contribution < 1.29 is 4.74 Å². The molecule has 5 nitrogen and oxygen atoms in total. The Labute approximate surface area is 135 Å². The molecule has 5 heteroatoms. The molecule has 2 aromatic heterocycles. The van der Waals surface area contributed by atoms with Crippen LogP contribution >= 0.6 is 0 Å². The summed E-state index contributed by atoms with van der Waals surface area (Å²) in [7, 11) is 0. The molecule has 118 valence electrons. The van der Waals surface area contributed by atoms with Crippen LogP contribution in [0.4, 0.5) is 5.82 Å². The van der Waals surface area contributed by atoms with E-state index in [4.69, 9.17) is 15.5 Å². The van der Waals surface area contributed by atoms with Gasteiger partial charge in [0.05, 0.1) is 0 Å². The maximum absolute atomic E-state index is 6.10. The minimum absolute atomic E-state index is 0.452. The summed E-state index contributed by atoms with van der Waals surface area (Å²) in [5.74, 6) is 3.26. The smallest absolute Gasteiger partial charge is 0.249 e. The molecule has 1 fully saturated rings. The Hall–Kier alpha value is -2.56. The average Bonchev–Trinajstić information content (AvgIpc) is 2.96. The molecule has 1 aromatic carbocycles. The minimum atomic E-state index is 0.452. The molecule has 2 N–H and O–H groups in total. The van der Waals surface area contributed by atoms with E-state index in [2.05, 4.69) is 9.38 Å². The lowest BCUT2D eigenvalue weighted by Gasteiger charge is -2.20. The van der Waals surface area contributed by atoms with Crippen LogP contribution in [-0.4, -0.2) is 14.4 Å². The minimum Gasteiger partial charge on any atom is -0.437 e. The number of para-hydroxylation sites is 1. The van der Waals surface area contributed by atoms with Gasteiger partial charge in [-0.3, -0.25) is 4.40 Å². The molecule has 1 aliphatic carbocycles. The summed E-state index contributed by atoms with van der Waals surface area (Å²) in [5, 5.41) is 0. The summed E-state index contributed by atoms with van der Waals surface area (Å²) in [4.78, 5) is 8.99. The number of nitrogens with two attached hydrogens (primary N) is 1. The van der Waals surface area contributed by atoms with Crippen molar-refractivity contribution in [1.29, 1.82) is 0 Å². The van der Waals surface area contributed by atoms with Crippen molar-refractivity contribution in [3.05, 3.63) is 48.5 Å². The number of hydrogen-bond acceptors (Lipinski definition) is 4. The van der Waals surface area contributed by atoms with E-state index in [-0.39, 0.29) is 0 Å². The summed E-state index contributed by atoms with van der Waals surface area (Å²) in [5.41, 5.74) is 6.86. The van der Waals surface area contributed by atoms with Gasteiger partial charge in [0.1, 0.15) is 11.6 Å². The Morgan fingerprint density at radius 2 is 1.87 bits per heavy atom. The summed E-state index contributed by atoms with van der Waals surface area (Å²) in [6.45, 7) is 0. The molecule has 3 aromatic rings. The van der Waals surface area contributed by atoms with E-state index in [1.807, 2.05) is 36.5 Å². The summed E-state index contributed by atoms with van der Waals surface area (Å²) in [6.07, 6.45) is 9.84. The Bertz CT molecular complexity index is 807. The van der Waals surface area contributed by atoms with Crippen molar-refractivity contribution in [2.24, 2.45) is 0 Å². The lowest BCUT2D eigenvalue weighted by atomic mass is 9.89. The number of rotatable bonds is 3. The van der Waals surface area contributed by atoms with Crippen LogP contribution in [0, 0.1) is 0 Å². The lowest BCUT2D eigenvalue weighted by Crippen LogP contribution is -2.09. The zero-order valence-corrected chi connectivity index (χ0v) is 13.0. The number of ether oxygens (including phenoxy) is 1. The van der Waals surface area contributed by atoms with Crippen LogP contribution in [0.15, 0.2) is 42.7 Å². The highest BCUT2D eigenvalue weighted by atomic mass is 16.5. The maximum atomic E-state index is 6.10. The maximum Gasteiger partial charge on any atom is 0.249 e. The summed E-state index contributed by atoms with van der Waals surface area (Å²) in [6, 6.07) is 9.67. The van der Waals surface area contributed by atoms with Gasteiger partial charge in [-0.2, -0.15) is 4.98 Å². The second-order valence-electron chi connectivity index (χ2n) is 6.06. The molecule has 2 heterocycles. The third-order valence-electron chi connectivity index (χ3n) is 4.51. The van der Waals surface area contributed by atoms with Crippen LogP contribution in [0.2, 0.25) is 0 Å². The van der Waals surface area contributed by atoms with Crippen LogP contribution in [0.5, 0.6) is 11.6 Å². The van der Waals surface area contributed by atoms with Gasteiger partial charge in [-0.1, -0.05) is 37.5 Å². The molecule has 0 spiro atoms. The fourth-order valence-electron chi connectivity index (χ4n) is 3.37. The van der Waals surface area contributed by atoms with Crippen LogP contribution in [0.1, 0.15) is 43.8 Å². The van der Waals surface area contributed by atoms with Gasteiger partial charge < -0.3 is 10.5 Å². The van der Waals surface area contributed by atoms with Crippen LogP contribution in [-0.2, 0) is 0 Å². The molecular formula is C18H20N4O. The molecule has 0 radical (unpaired) electrons. The molecule has 0 atom stereocenters. The molecule has 0 amide bonds. The number of hydrogen-bond donors (Lipinski definition) is 1. The van der Waals surface area contributed by atoms with Crippen molar-refractivity contribution >= 4 is 11.3 Å². The summed E-state index contributed by atoms with van der Waals surface area (Å²) < 4.78 is 8.04. The average molecular weight is 308 g/mol. The van der Waals surface area contributed by atoms with Gasteiger partial charge in [-0.05, 0) is 25.0 Å². The quantitative estimate of drug-likeness (QED) is 0.789. The Morgan fingerprint density at radius 3 is 2.65 bits per heavy atom. The SMILES string of the molecule is Nc1nccn2c(C3CCCCC3)nc(Oc3ccccc3)c12. The van der Waals surface area contributed by atoms with Gasteiger partial charge in [-0.25, -0.2) is 4.98 Å². The number of nitrogens with zero attached hydrogens (tertiary/aromatic N) is 3. The van der Waals surface area contributed by atoms with Gasteiger partial charge in [0.25, 0.3) is 0 Å². The normalized spacial score (nSPS) is 15.8. The van der Waals surface area contributed by atoms with Gasteiger partial charge in [0, 0.05) is 18.3 Å². The molecule has 0 bridgehead atoms. The summed E-state index contributed by atoms with van der Waals surface area (Å²) >= 11 is 0. The van der Waals surface area contributed by atoms with E-state index in [1.54, 1.807) is 6.20 Å². The topological polar surface area (TPSA) is 65.4 Å². The number of fused-ring (bicyclic) bond motifs is 1. The molecule has 0 unspecified atom stereocenters. The fourth-order valence-corrected chi connectivity index (χ4v) is 3.37. The van der Waals surface area contributed by atoms with Crippen molar-refractivity contribution in [2.75, 3.05) is 5.73 Å². The first-order chi connectivity index (χ1) is 11.3. The highest BCUT2D eigenvalue weighted by Gasteiger charge is 2.24. The van der Waals surface area contributed by atoms with Crippen molar-refractivity contribution in [3.8, 4) is 11.6 Å². The predicted octanol–water partition coefficient (Wildman–Crippen LogP) is 4.15. The van der Waals surface area contributed by atoms with E-state index < -0.39 is 0 Å². The highest BCUT2D eigenvalue weighted by molar-refractivity contribution is 5.73. The Kier molecular flexibility index (Phi) is 3.61. The van der Waals surface area contributed by atoms with Crippen LogP contribution in [0.25, 0.3) is 5.52 Å². The van der Waals surface area contributed by atoms with E-state index in [0.717, 1.165) is 17.1 Å². The molecular weight excluding hydrogens is 288 g/mol. The molecule has 0 saturated heterocycles. The molecule has 4 rings (SSSR count). The lowest BCUT2D eigenvalue weighted by molar-refractivity contribution is 0.422. The molecule has 1 saturated carbocycles. The van der Waals surface area contributed by atoms with Gasteiger partial charge in [0.2, 0.25) is 5.88 Å². The third kappa shape index (κ3) is 2.63. The van der Waals surface area contributed by atoms with Crippen molar-refractivity contribution in [1.82, 2.24) is 14.4 Å². The first-order valence-corrected chi connectivity index (χ1v) is 8.18. The van der Waals surface area contributed by atoms with Gasteiger partial charge in [0.15, 0.2) is 11.3 Å². The second-order valence-corrected chi connectivity index (χ2v) is 6.06. The number of imidazole rings is 1. The Balaban J connectivity index is 1.80. The molecule has 0 aliphatic heterocycles. The molecule has 1 aliphatic rings. The predicted molar refractivity (Wildman–Crippen MR) is 89.7 cm³/mol. The third-order valence-corrected chi connectivity index (χ3v) is 4.51. The van der Waals surface area contributed by atoms with Crippen LogP contribution in [0.3, 0.4) is 0 Å². The second kappa shape index (κ2) is 5.91. The van der Waals surface area contributed by atoms with Gasteiger partial charge >= 0.3 is 0 Å². The largest absolute Gasteiger partial charge is 0.437 e. The Morgan fingerprint density at radius 1 is 1.09 bits per heavy atom. The highest BCUT2D eigenvalue weighted by Crippen LogP contribution is 2.37. The molecule has 23 heavy (non-hydrogen) atoms. The van der Waals surface area contributed by atoms with E-state index >= 15 is 0 Å². The van der Waals surface area contributed by atoms with Gasteiger partial charge in [-0.15, -0.1) is 0 Å². The fraction of sp³-hybridized carbons (Fsp3) is 0.333. The zero-order chi connectivity index (χ0) is 15.6.